The van der Waals surface area contributed by atoms with Crippen molar-refractivity contribution in [3.63, 3.8) is 0 Å². The Bertz CT molecular complexity index is 1480. The lowest BCUT2D eigenvalue weighted by Crippen LogP contribution is -2.25. The number of ether oxygens (including phenoxy) is 1. The fourth-order valence-electron chi connectivity index (χ4n) is 6.42. The summed E-state index contributed by atoms with van der Waals surface area (Å²) in [5, 5.41) is 3.07. The summed E-state index contributed by atoms with van der Waals surface area (Å²) in [6, 6.07) is 17.9. The van der Waals surface area contributed by atoms with E-state index in [-0.39, 0.29) is 23.4 Å². The number of Topliss-reactive ketones (excluding diaryl/α,β-unsaturated/α-hetero) is 1. The highest BCUT2D eigenvalue weighted by atomic mass is 16.6. The maximum absolute atomic E-state index is 13.2. The number of unbranched alkanes of at least 4 members (excludes halogenated alkanes) is 5. The van der Waals surface area contributed by atoms with Gasteiger partial charge in [0.15, 0.2) is 11.5 Å². The van der Waals surface area contributed by atoms with Crippen LogP contribution in [0.3, 0.4) is 0 Å². The molecule has 0 radical (unpaired) electrons. The van der Waals surface area contributed by atoms with Crippen molar-refractivity contribution >= 4 is 29.0 Å². The van der Waals surface area contributed by atoms with Gasteiger partial charge in [-0.15, -0.1) is 0 Å². The molecule has 7 nitrogen and oxygen atoms in total. The molecule has 1 saturated heterocycles. The summed E-state index contributed by atoms with van der Waals surface area (Å²) >= 11 is 0. The number of hydrogen-bond donors (Lipinski definition) is 1. The number of nitrogens with one attached hydrogen (secondary N) is 1. The van der Waals surface area contributed by atoms with Gasteiger partial charge in [0.05, 0.1) is 0 Å². The van der Waals surface area contributed by atoms with E-state index < -0.39 is 5.60 Å². The molecule has 1 atom stereocenters. The van der Waals surface area contributed by atoms with Gasteiger partial charge in [-0.05, 0) is 114 Å². The first-order chi connectivity index (χ1) is 22.5. The Morgan fingerprint density at radius 3 is 2.30 bits per heavy atom. The Hall–Kier alpha value is -3.87. The molecule has 254 valence electrons. The van der Waals surface area contributed by atoms with Gasteiger partial charge in [0, 0.05) is 42.9 Å². The minimum absolute atomic E-state index is 0.0918. The number of anilines is 2. The molecule has 7 heteroatoms. The van der Waals surface area contributed by atoms with Gasteiger partial charge in [0.2, 0.25) is 0 Å². The van der Waals surface area contributed by atoms with Crippen LogP contribution in [0.5, 0.6) is 0 Å². The van der Waals surface area contributed by atoms with Crippen LogP contribution in [0.25, 0.3) is 0 Å². The number of benzene rings is 2. The standard InChI is InChI=1S/C40H54N2O5/c1-29-15-12-13-17-35(29)42-25-14-16-31(24-26-42)27-32-21-22-33(28-34(32)41-39(45)37-23-20-30(2)46-37)36(43)18-10-8-6-7-9-11-19-38(44)47-40(3,4)5/h12-13,15,17,20-23,28,31H,6-11,14,16,18-19,24-27H2,1-5H3,(H,41,45). The zero-order valence-electron chi connectivity index (χ0n) is 29.2. The second-order valence-corrected chi connectivity index (χ2v) is 14.1. The largest absolute Gasteiger partial charge is 0.460 e. The first-order valence-electron chi connectivity index (χ1n) is 17.5. The fourth-order valence-corrected chi connectivity index (χ4v) is 6.42. The number of para-hydroxylation sites is 1. The molecule has 1 N–H and O–H groups in total. The topological polar surface area (TPSA) is 88.8 Å². The van der Waals surface area contributed by atoms with E-state index in [0.717, 1.165) is 82.9 Å². The number of ketones is 1. The molecule has 1 unspecified atom stereocenters. The Labute approximate surface area is 281 Å². The summed E-state index contributed by atoms with van der Waals surface area (Å²) in [7, 11) is 0. The number of hydrogen-bond acceptors (Lipinski definition) is 6. The molecule has 0 bridgehead atoms. The quantitative estimate of drug-likeness (QED) is 0.101. The van der Waals surface area contributed by atoms with Crippen LogP contribution in [0.1, 0.15) is 129 Å². The maximum Gasteiger partial charge on any atom is 0.306 e. The van der Waals surface area contributed by atoms with Gasteiger partial charge >= 0.3 is 5.97 Å². The second-order valence-electron chi connectivity index (χ2n) is 14.1. The lowest BCUT2D eigenvalue weighted by Gasteiger charge is -2.25. The zero-order valence-corrected chi connectivity index (χ0v) is 29.2. The number of furan rings is 1. The molecule has 1 aliphatic heterocycles. The van der Waals surface area contributed by atoms with E-state index in [0.29, 0.717) is 35.8 Å². The molecule has 1 aliphatic rings. The van der Waals surface area contributed by atoms with Gasteiger partial charge in [0.25, 0.3) is 5.91 Å². The predicted molar refractivity (Wildman–Crippen MR) is 189 cm³/mol. The Kier molecular flexibility index (Phi) is 13.3. The van der Waals surface area contributed by atoms with E-state index >= 15 is 0 Å². The average Bonchev–Trinajstić information content (AvgIpc) is 3.33. The number of aryl methyl sites for hydroxylation is 2. The zero-order chi connectivity index (χ0) is 33.8. The lowest BCUT2D eigenvalue weighted by molar-refractivity contribution is -0.154. The van der Waals surface area contributed by atoms with E-state index in [1.54, 1.807) is 12.1 Å². The second kappa shape index (κ2) is 17.3. The van der Waals surface area contributed by atoms with Gasteiger partial charge in [-0.2, -0.15) is 0 Å². The van der Waals surface area contributed by atoms with Crippen molar-refractivity contribution in [2.75, 3.05) is 23.3 Å². The summed E-state index contributed by atoms with van der Waals surface area (Å²) in [5.41, 5.74) is 4.56. The first-order valence-corrected chi connectivity index (χ1v) is 17.5. The number of nitrogens with zero attached hydrogens (tertiary/aromatic N) is 1. The fraction of sp³-hybridized carbons (Fsp3) is 0.525. The third kappa shape index (κ3) is 11.7. The first kappa shape index (κ1) is 36.0. The summed E-state index contributed by atoms with van der Waals surface area (Å²) < 4.78 is 11.0. The number of esters is 1. The van der Waals surface area contributed by atoms with Crippen molar-refractivity contribution in [1.82, 2.24) is 0 Å². The van der Waals surface area contributed by atoms with E-state index in [9.17, 15) is 14.4 Å². The van der Waals surface area contributed by atoms with Crippen LogP contribution in [-0.4, -0.2) is 36.4 Å². The molecule has 1 amide bonds. The summed E-state index contributed by atoms with van der Waals surface area (Å²) in [5.74, 6) is 1.08. The molecule has 1 fully saturated rings. The van der Waals surface area contributed by atoms with Gasteiger partial charge in [-0.1, -0.05) is 56.0 Å². The molecule has 4 rings (SSSR count). The van der Waals surface area contributed by atoms with Gasteiger partial charge in [-0.25, -0.2) is 0 Å². The van der Waals surface area contributed by atoms with Crippen molar-refractivity contribution in [2.45, 2.75) is 117 Å². The van der Waals surface area contributed by atoms with Gasteiger partial charge in [-0.3, -0.25) is 14.4 Å². The van der Waals surface area contributed by atoms with Crippen molar-refractivity contribution < 1.29 is 23.5 Å². The molecular formula is C40H54N2O5. The molecule has 2 heterocycles. The highest BCUT2D eigenvalue weighted by Crippen LogP contribution is 2.30. The highest BCUT2D eigenvalue weighted by Gasteiger charge is 2.22. The molecule has 1 aromatic heterocycles. The van der Waals surface area contributed by atoms with Crippen molar-refractivity contribution in [2.24, 2.45) is 5.92 Å². The number of carbonyl (C=O) groups excluding carboxylic acids is 3. The van der Waals surface area contributed by atoms with Crippen LogP contribution in [0.15, 0.2) is 59.0 Å². The maximum atomic E-state index is 13.2. The smallest absolute Gasteiger partial charge is 0.306 e. The summed E-state index contributed by atoms with van der Waals surface area (Å²) in [6.45, 7) is 11.7. The minimum Gasteiger partial charge on any atom is -0.460 e. The molecule has 2 aromatic carbocycles. The summed E-state index contributed by atoms with van der Waals surface area (Å²) in [6.07, 6.45) is 10.8. The van der Waals surface area contributed by atoms with Crippen LogP contribution < -0.4 is 10.2 Å². The lowest BCUT2D eigenvalue weighted by atomic mass is 9.90. The Morgan fingerprint density at radius 2 is 1.60 bits per heavy atom. The van der Waals surface area contributed by atoms with Crippen LogP contribution in [0.2, 0.25) is 0 Å². The number of carbonyl (C=O) groups is 3. The van der Waals surface area contributed by atoms with Gasteiger partial charge < -0.3 is 19.4 Å². The van der Waals surface area contributed by atoms with Crippen molar-refractivity contribution in [3.05, 3.63) is 82.8 Å². The monoisotopic (exact) mass is 642 g/mol. The Balaban J connectivity index is 1.32. The third-order valence-corrected chi connectivity index (χ3v) is 8.91. The average molecular weight is 643 g/mol. The highest BCUT2D eigenvalue weighted by molar-refractivity contribution is 6.04. The van der Waals surface area contributed by atoms with Crippen molar-refractivity contribution in [1.29, 1.82) is 0 Å². The van der Waals surface area contributed by atoms with E-state index in [1.165, 1.54) is 11.3 Å². The van der Waals surface area contributed by atoms with E-state index in [2.05, 4.69) is 41.4 Å². The third-order valence-electron chi connectivity index (χ3n) is 8.91. The van der Waals surface area contributed by atoms with E-state index in [4.69, 9.17) is 9.15 Å². The number of amides is 1. The van der Waals surface area contributed by atoms with Crippen LogP contribution in [0, 0.1) is 19.8 Å². The van der Waals surface area contributed by atoms with Crippen molar-refractivity contribution in [3.8, 4) is 0 Å². The molecule has 0 spiro atoms. The molecule has 0 aliphatic carbocycles. The molecule has 47 heavy (non-hydrogen) atoms. The van der Waals surface area contributed by atoms with Crippen LogP contribution >= 0.6 is 0 Å². The summed E-state index contributed by atoms with van der Waals surface area (Å²) in [4.78, 5) is 40.8. The number of rotatable bonds is 15. The van der Waals surface area contributed by atoms with Gasteiger partial charge in [0.1, 0.15) is 11.4 Å². The SMILES string of the molecule is Cc1ccc(C(=O)Nc2cc(C(=O)CCCCCCCCC(=O)OC(C)(C)C)ccc2CC2CCCN(c3ccccc3C)CC2)o1. The molecule has 3 aromatic rings. The molecular weight excluding hydrogens is 588 g/mol. The normalized spacial score (nSPS) is 15.3. The van der Waals surface area contributed by atoms with E-state index in [1.807, 2.05) is 45.9 Å². The molecule has 0 saturated carbocycles. The van der Waals surface area contributed by atoms with Crippen LogP contribution in [-0.2, 0) is 16.0 Å². The predicted octanol–water partition coefficient (Wildman–Crippen LogP) is 9.64. The van der Waals surface area contributed by atoms with Crippen LogP contribution in [0.4, 0.5) is 11.4 Å². The Morgan fingerprint density at radius 1 is 0.872 bits per heavy atom. The minimum atomic E-state index is -0.436.